The normalized spacial score (nSPS) is 10.9. The number of nitrogens with zero attached hydrogens (tertiary/aromatic N) is 2. The zero-order valence-corrected chi connectivity index (χ0v) is 14.8. The molecule has 1 aromatic carbocycles. The van der Waals surface area contributed by atoms with Crippen LogP contribution in [0.4, 0.5) is 5.69 Å². The van der Waals surface area contributed by atoms with Gasteiger partial charge in [-0.2, -0.15) is 5.10 Å². The van der Waals surface area contributed by atoms with E-state index >= 15 is 0 Å². The van der Waals surface area contributed by atoms with Crippen LogP contribution in [0.3, 0.4) is 0 Å². The summed E-state index contributed by atoms with van der Waals surface area (Å²) in [6.45, 7) is 5.56. The number of methoxy groups -OCH3 is 1. The Bertz CT molecular complexity index is 998. The Labute approximate surface area is 144 Å². The Hall–Kier alpha value is -3.09. The lowest BCUT2D eigenvalue weighted by Gasteiger charge is -2.05. The van der Waals surface area contributed by atoms with Crippen LogP contribution < -0.4 is 5.32 Å². The number of furan rings is 1. The van der Waals surface area contributed by atoms with Gasteiger partial charge < -0.3 is 14.5 Å². The molecule has 130 valence electrons. The lowest BCUT2D eigenvalue weighted by molar-refractivity contribution is 0.0594. The maximum atomic E-state index is 12.7. The highest BCUT2D eigenvalue weighted by molar-refractivity contribution is 6.09. The number of fused-ring (bicyclic) bond motifs is 1. The van der Waals surface area contributed by atoms with Crippen molar-refractivity contribution in [2.24, 2.45) is 7.05 Å². The summed E-state index contributed by atoms with van der Waals surface area (Å²) in [5, 5.41) is 7.72. The quantitative estimate of drug-likeness (QED) is 0.740. The van der Waals surface area contributed by atoms with Gasteiger partial charge in [-0.25, -0.2) is 4.79 Å². The van der Waals surface area contributed by atoms with E-state index in [2.05, 4.69) is 10.4 Å². The number of carbonyl (C=O) groups is 2. The molecule has 0 fully saturated rings. The van der Waals surface area contributed by atoms with Crippen LogP contribution in [0, 0.1) is 20.8 Å². The third-order valence-corrected chi connectivity index (χ3v) is 4.25. The summed E-state index contributed by atoms with van der Waals surface area (Å²) in [5.41, 5.74) is 3.48. The summed E-state index contributed by atoms with van der Waals surface area (Å²) in [5.74, 6) is -0.844. The van der Waals surface area contributed by atoms with E-state index in [0.29, 0.717) is 17.0 Å². The Morgan fingerprint density at radius 3 is 2.64 bits per heavy atom. The van der Waals surface area contributed by atoms with E-state index in [0.717, 1.165) is 16.5 Å². The molecule has 7 heteroatoms. The summed E-state index contributed by atoms with van der Waals surface area (Å²) in [6.07, 6.45) is 0. The van der Waals surface area contributed by atoms with Gasteiger partial charge >= 0.3 is 5.97 Å². The van der Waals surface area contributed by atoms with Gasteiger partial charge in [0.15, 0.2) is 11.5 Å². The molecule has 0 bridgehead atoms. The van der Waals surface area contributed by atoms with Gasteiger partial charge in [0.1, 0.15) is 5.58 Å². The van der Waals surface area contributed by atoms with Crippen molar-refractivity contribution in [2.45, 2.75) is 20.8 Å². The number of anilines is 1. The lowest BCUT2D eigenvalue weighted by Crippen LogP contribution is -2.15. The molecule has 2 heterocycles. The predicted octanol–water partition coefficient (Wildman–Crippen LogP) is 3.13. The SMILES string of the molecule is COC(=O)c1nn(C)c(C)c1NC(=O)c1oc2ccc(C)cc2c1C. The number of hydrogen-bond acceptors (Lipinski definition) is 5. The average molecular weight is 341 g/mol. The molecule has 3 rings (SSSR count). The molecule has 0 saturated carbocycles. The second-order valence-corrected chi connectivity index (χ2v) is 5.93. The first-order valence-corrected chi connectivity index (χ1v) is 7.76. The topological polar surface area (TPSA) is 86.4 Å². The van der Waals surface area contributed by atoms with E-state index in [1.165, 1.54) is 11.8 Å². The fourth-order valence-electron chi connectivity index (χ4n) is 2.72. The van der Waals surface area contributed by atoms with Crippen LogP contribution in [0.5, 0.6) is 0 Å². The van der Waals surface area contributed by atoms with Crippen LogP contribution in [0.2, 0.25) is 0 Å². The summed E-state index contributed by atoms with van der Waals surface area (Å²) in [6, 6.07) is 5.73. The van der Waals surface area contributed by atoms with Crippen molar-refractivity contribution in [2.75, 3.05) is 12.4 Å². The number of amides is 1. The van der Waals surface area contributed by atoms with Crippen molar-refractivity contribution in [1.29, 1.82) is 0 Å². The highest BCUT2D eigenvalue weighted by Gasteiger charge is 2.25. The van der Waals surface area contributed by atoms with Crippen molar-refractivity contribution in [1.82, 2.24) is 9.78 Å². The van der Waals surface area contributed by atoms with Crippen LogP contribution in [0.15, 0.2) is 22.6 Å². The van der Waals surface area contributed by atoms with Crippen LogP contribution >= 0.6 is 0 Å². The first-order chi connectivity index (χ1) is 11.8. The number of aromatic nitrogens is 2. The minimum absolute atomic E-state index is 0.0560. The molecule has 0 aliphatic rings. The maximum absolute atomic E-state index is 12.7. The number of benzene rings is 1. The second kappa shape index (κ2) is 6.08. The van der Waals surface area contributed by atoms with E-state index < -0.39 is 11.9 Å². The molecule has 3 aromatic rings. The molecular formula is C18H19N3O4. The summed E-state index contributed by atoms with van der Waals surface area (Å²) >= 11 is 0. The number of rotatable bonds is 3. The molecule has 0 saturated heterocycles. The molecule has 1 amide bonds. The fourth-order valence-corrected chi connectivity index (χ4v) is 2.72. The van der Waals surface area contributed by atoms with Gasteiger partial charge in [0.2, 0.25) is 0 Å². The third kappa shape index (κ3) is 2.77. The van der Waals surface area contributed by atoms with Crippen LogP contribution in [-0.4, -0.2) is 28.8 Å². The molecule has 0 spiro atoms. The van der Waals surface area contributed by atoms with E-state index in [-0.39, 0.29) is 11.5 Å². The third-order valence-electron chi connectivity index (χ3n) is 4.25. The van der Waals surface area contributed by atoms with Crippen LogP contribution in [0.25, 0.3) is 11.0 Å². The van der Waals surface area contributed by atoms with Gasteiger partial charge in [-0.1, -0.05) is 11.6 Å². The van der Waals surface area contributed by atoms with Gasteiger partial charge in [0.25, 0.3) is 5.91 Å². The number of esters is 1. The van der Waals surface area contributed by atoms with Crippen molar-refractivity contribution in [3.8, 4) is 0 Å². The van der Waals surface area contributed by atoms with Crippen LogP contribution in [0.1, 0.15) is 37.9 Å². The van der Waals surface area contributed by atoms with Gasteiger partial charge in [-0.3, -0.25) is 9.48 Å². The Kier molecular flexibility index (Phi) is 4.08. The number of nitrogens with one attached hydrogen (secondary N) is 1. The smallest absolute Gasteiger partial charge is 0.360 e. The van der Waals surface area contributed by atoms with E-state index in [1.807, 2.05) is 32.0 Å². The molecule has 2 aromatic heterocycles. The first-order valence-electron chi connectivity index (χ1n) is 7.76. The highest BCUT2D eigenvalue weighted by atomic mass is 16.5. The minimum atomic E-state index is -0.615. The molecule has 25 heavy (non-hydrogen) atoms. The van der Waals surface area contributed by atoms with Gasteiger partial charge in [0, 0.05) is 18.0 Å². The average Bonchev–Trinajstić information content (AvgIpc) is 3.06. The predicted molar refractivity (Wildman–Crippen MR) is 92.9 cm³/mol. The molecule has 0 atom stereocenters. The molecule has 0 aliphatic carbocycles. The van der Waals surface area contributed by atoms with Crippen LogP contribution in [-0.2, 0) is 11.8 Å². The fraction of sp³-hybridized carbons (Fsp3) is 0.278. The van der Waals surface area contributed by atoms with Crippen molar-refractivity contribution in [3.63, 3.8) is 0 Å². The Morgan fingerprint density at radius 1 is 1.24 bits per heavy atom. The van der Waals surface area contributed by atoms with Crippen molar-refractivity contribution >= 4 is 28.5 Å². The Morgan fingerprint density at radius 2 is 1.96 bits per heavy atom. The van der Waals surface area contributed by atoms with E-state index in [4.69, 9.17) is 9.15 Å². The van der Waals surface area contributed by atoms with E-state index in [1.54, 1.807) is 14.0 Å². The zero-order valence-electron chi connectivity index (χ0n) is 14.8. The molecule has 0 radical (unpaired) electrons. The zero-order chi connectivity index (χ0) is 18.3. The van der Waals surface area contributed by atoms with Gasteiger partial charge in [0.05, 0.1) is 18.5 Å². The second-order valence-electron chi connectivity index (χ2n) is 5.93. The van der Waals surface area contributed by atoms with E-state index in [9.17, 15) is 9.59 Å². The summed E-state index contributed by atoms with van der Waals surface area (Å²) < 4.78 is 11.9. The number of carbonyl (C=O) groups excluding carboxylic acids is 2. The van der Waals surface area contributed by atoms with Crippen molar-refractivity contribution in [3.05, 3.63) is 46.5 Å². The Balaban J connectivity index is 2.01. The standard InChI is InChI=1S/C18H19N3O4/c1-9-6-7-13-12(8-9)10(2)16(25-13)17(22)19-14-11(3)21(4)20-15(14)18(23)24-5/h6-8H,1-5H3,(H,19,22). The number of hydrogen-bond donors (Lipinski definition) is 1. The molecule has 7 nitrogen and oxygen atoms in total. The number of ether oxygens (including phenoxy) is 1. The highest BCUT2D eigenvalue weighted by Crippen LogP contribution is 2.28. The van der Waals surface area contributed by atoms with Crippen molar-refractivity contribution < 1.29 is 18.7 Å². The maximum Gasteiger partial charge on any atom is 0.360 e. The van der Waals surface area contributed by atoms with Gasteiger partial charge in [-0.15, -0.1) is 0 Å². The molecule has 1 N–H and O–H groups in total. The minimum Gasteiger partial charge on any atom is -0.464 e. The van der Waals surface area contributed by atoms with Gasteiger partial charge in [-0.05, 0) is 32.9 Å². The monoisotopic (exact) mass is 341 g/mol. The molecule has 0 aliphatic heterocycles. The lowest BCUT2D eigenvalue weighted by atomic mass is 10.1. The largest absolute Gasteiger partial charge is 0.464 e. The number of aryl methyl sites for hydroxylation is 3. The summed E-state index contributed by atoms with van der Waals surface area (Å²) in [7, 11) is 2.95. The molecular weight excluding hydrogens is 322 g/mol. The summed E-state index contributed by atoms with van der Waals surface area (Å²) in [4.78, 5) is 24.6. The molecule has 0 unspecified atom stereocenters. The first kappa shape index (κ1) is 16.8.